The van der Waals surface area contributed by atoms with Crippen molar-refractivity contribution >= 4 is 15.9 Å². The van der Waals surface area contributed by atoms with Crippen LogP contribution in [0.4, 0.5) is 0 Å². The van der Waals surface area contributed by atoms with Crippen molar-refractivity contribution in [2.75, 3.05) is 6.61 Å². The van der Waals surface area contributed by atoms with Crippen LogP contribution in [-0.2, 0) is 11.2 Å². The number of rotatable bonds is 5. The van der Waals surface area contributed by atoms with Crippen molar-refractivity contribution in [1.82, 2.24) is 0 Å². The Morgan fingerprint density at radius 1 is 1.26 bits per heavy atom. The summed E-state index contributed by atoms with van der Waals surface area (Å²) in [5, 5.41) is 0. The predicted octanol–water partition coefficient (Wildman–Crippen LogP) is 5.14. The number of hydrogen-bond donors (Lipinski definition) is 0. The summed E-state index contributed by atoms with van der Waals surface area (Å²) < 4.78 is 5.80. The first-order valence-electron chi connectivity index (χ1n) is 7.46. The first kappa shape index (κ1) is 15.1. The molecule has 0 N–H and O–H groups in total. The van der Waals surface area contributed by atoms with Gasteiger partial charge in [-0.05, 0) is 36.3 Å². The highest BCUT2D eigenvalue weighted by molar-refractivity contribution is 9.09. The summed E-state index contributed by atoms with van der Waals surface area (Å²) in [5.74, 6) is 1.33. The Balaban J connectivity index is 2.04. The standard InChI is InChI=1S/C17H25BrO/c1-4-16-15(9-10-19-16)17(18)14-7-5-13(6-8-14)11-12(2)3/h5-8,12,15-17H,4,9-11H2,1-3H3. The van der Waals surface area contributed by atoms with Gasteiger partial charge in [-0.15, -0.1) is 0 Å². The van der Waals surface area contributed by atoms with E-state index in [4.69, 9.17) is 4.74 Å². The van der Waals surface area contributed by atoms with Crippen LogP contribution >= 0.6 is 15.9 Å². The molecule has 19 heavy (non-hydrogen) atoms. The van der Waals surface area contributed by atoms with Crippen LogP contribution < -0.4 is 0 Å². The van der Waals surface area contributed by atoms with Gasteiger partial charge in [0, 0.05) is 17.4 Å². The predicted molar refractivity (Wildman–Crippen MR) is 84.8 cm³/mol. The van der Waals surface area contributed by atoms with E-state index < -0.39 is 0 Å². The van der Waals surface area contributed by atoms with Gasteiger partial charge in [0.15, 0.2) is 0 Å². The van der Waals surface area contributed by atoms with E-state index in [1.807, 2.05) is 0 Å². The normalized spacial score (nSPS) is 24.9. The molecule has 0 saturated carbocycles. The SMILES string of the molecule is CCC1OCCC1C(Br)c1ccc(CC(C)C)cc1. The second kappa shape index (κ2) is 6.90. The van der Waals surface area contributed by atoms with Crippen molar-refractivity contribution in [3.8, 4) is 0 Å². The van der Waals surface area contributed by atoms with Gasteiger partial charge in [-0.25, -0.2) is 0 Å². The second-order valence-electron chi connectivity index (χ2n) is 6.01. The first-order chi connectivity index (χ1) is 9.11. The first-order valence-corrected chi connectivity index (χ1v) is 8.38. The average molecular weight is 325 g/mol. The lowest BCUT2D eigenvalue weighted by Gasteiger charge is -2.23. The van der Waals surface area contributed by atoms with Crippen molar-refractivity contribution < 1.29 is 4.74 Å². The van der Waals surface area contributed by atoms with E-state index in [1.165, 1.54) is 17.5 Å². The molecule has 1 fully saturated rings. The number of benzene rings is 1. The third-order valence-electron chi connectivity index (χ3n) is 3.98. The van der Waals surface area contributed by atoms with Gasteiger partial charge in [-0.1, -0.05) is 61.0 Å². The minimum atomic E-state index is 0.416. The zero-order valence-corrected chi connectivity index (χ0v) is 13.8. The molecule has 3 atom stereocenters. The number of hydrogen-bond acceptors (Lipinski definition) is 1. The molecule has 0 amide bonds. The third-order valence-corrected chi connectivity index (χ3v) is 5.19. The number of alkyl halides is 1. The highest BCUT2D eigenvalue weighted by Crippen LogP contribution is 2.40. The van der Waals surface area contributed by atoms with Crippen molar-refractivity contribution in [2.24, 2.45) is 11.8 Å². The fraction of sp³-hybridized carbons (Fsp3) is 0.647. The van der Waals surface area contributed by atoms with E-state index in [2.05, 4.69) is 61.0 Å². The van der Waals surface area contributed by atoms with Crippen LogP contribution in [0.5, 0.6) is 0 Å². The van der Waals surface area contributed by atoms with E-state index >= 15 is 0 Å². The molecule has 0 bridgehead atoms. The van der Waals surface area contributed by atoms with Crippen LogP contribution in [0.3, 0.4) is 0 Å². The summed E-state index contributed by atoms with van der Waals surface area (Å²) in [6, 6.07) is 9.12. The molecule has 2 heteroatoms. The summed E-state index contributed by atoms with van der Waals surface area (Å²) in [6.45, 7) is 7.66. The van der Waals surface area contributed by atoms with E-state index in [-0.39, 0.29) is 0 Å². The minimum Gasteiger partial charge on any atom is -0.378 e. The molecule has 1 aliphatic rings. The molecule has 1 saturated heterocycles. The third kappa shape index (κ3) is 3.82. The molecule has 0 spiro atoms. The Hall–Kier alpha value is -0.340. The van der Waals surface area contributed by atoms with Gasteiger partial charge in [0.1, 0.15) is 0 Å². The molecular formula is C17H25BrO. The van der Waals surface area contributed by atoms with Gasteiger partial charge in [0.2, 0.25) is 0 Å². The number of ether oxygens (including phenoxy) is 1. The molecular weight excluding hydrogens is 300 g/mol. The van der Waals surface area contributed by atoms with Gasteiger partial charge in [0.25, 0.3) is 0 Å². The van der Waals surface area contributed by atoms with Crippen molar-refractivity contribution in [2.45, 2.75) is 51.0 Å². The lowest BCUT2D eigenvalue weighted by Crippen LogP contribution is -2.18. The van der Waals surface area contributed by atoms with Crippen LogP contribution in [0, 0.1) is 11.8 Å². The van der Waals surface area contributed by atoms with Crippen LogP contribution in [0.1, 0.15) is 49.6 Å². The molecule has 1 aromatic rings. The summed E-state index contributed by atoms with van der Waals surface area (Å²) in [7, 11) is 0. The molecule has 0 radical (unpaired) electrons. The van der Waals surface area contributed by atoms with Gasteiger partial charge in [-0.2, -0.15) is 0 Å². The monoisotopic (exact) mass is 324 g/mol. The maximum atomic E-state index is 5.80. The Kier molecular flexibility index (Phi) is 5.47. The van der Waals surface area contributed by atoms with Crippen LogP contribution in [0.2, 0.25) is 0 Å². The van der Waals surface area contributed by atoms with Gasteiger partial charge in [0.05, 0.1) is 6.10 Å². The van der Waals surface area contributed by atoms with Gasteiger partial charge in [-0.3, -0.25) is 0 Å². The molecule has 106 valence electrons. The van der Waals surface area contributed by atoms with Crippen LogP contribution in [0.15, 0.2) is 24.3 Å². The molecule has 1 nitrogen and oxygen atoms in total. The number of halogens is 1. The summed E-state index contributed by atoms with van der Waals surface area (Å²) in [5.41, 5.74) is 2.83. The lowest BCUT2D eigenvalue weighted by atomic mass is 9.91. The maximum absolute atomic E-state index is 5.80. The quantitative estimate of drug-likeness (QED) is 0.682. The molecule has 3 unspecified atom stereocenters. The van der Waals surface area contributed by atoms with Gasteiger partial charge >= 0.3 is 0 Å². The van der Waals surface area contributed by atoms with E-state index in [0.717, 1.165) is 25.4 Å². The highest BCUT2D eigenvalue weighted by Gasteiger charge is 2.32. The van der Waals surface area contributed by atoms with Crippen molar-refractivity contribution in [3.05, 3.63) is 35.4 Å². The van der Waals surface area contributed by atoms with E-state index in [0.29, 0.717) is 16.8 Å². The smallest absolute Gasteiger partial charge is 0.0615 e. The van der Waals surface area contributed by atoms with Crippen LogP contribution in [0.25, 0.3) is 0 Å². The average Bonchev–Trinajstić information content (AvgIpc) is 2.86. The van der Waals surface area contributed by atoms with E-state index in [9.17, 15) is 0 Å². The zero-order chi connectivity index (χ0) is 13.8. The van der Waals surface area contributed by atoms with Crippen LogP contribution in [-0.4, -0.2) is 12.7 Å². The Labute approximate surface area is 125 Å². The van der Waals surface area contributed by atoms with Crippen molar-refractivity contribution in [1.29, 1.82) is 0 Å². The highest BCUT2D eigenvalue weighted by atomic mass is 79.9. The summed E-state index contributed by atoms with van der Waals surface area (Å²) >= 11 is 3.89. The minimum absolute atomic E-state index is 0.416. The molecule has 1 heterocycles. The van der Waals surface area contributed by atoms with Crippen molar-refractivity contribution in [3.63, 3.8) is 0 Å². The topological polar surface area (TPSA) is 9.23 Å². The molecule has 0 aliphatic carbocycles. The molecule has 1 aliphatic heterocycles. The van der Waals surface area contributed by atoms with Gasteiger partial charge < -0.3 is 4.74 Å². The second-order valence-corrected chi connectivity index (χ2v) is 7.00. The Morgan fingerprint density at radius 3 is 2.53 bits per heavy atom. The zero-order valence-electron chi connectivity index (χ0n) is 12.2. The maximum Gasteiger partial charge on any atom is 0.0615 e. The Morgan fingerprint density at radius 2 is 1.95 bits per heavy atom. The largest absolute Gasteiger partial charge is 0.378 e. The fourth-order valence-corrected chi connectivity index (χ4v) is 3.89. The fourth-order valence-electron chi connectivity index (χ4n) is 2.98. The summed E-state index contributed by atoms with van der Waals surface area (Å²) in [4.78, 5) is 0.424. The Bertz CT molecular complexity index is 385. The molecule has 2 rings (SSSR count). The molecule has 1 aromatic carbocycles. The molecule has 0 aromatic heterocycles. The lowest BCUT2D eigenvalue weighted by molar-refractivity contribution is 0.0873. The van der Waals surface area contributed by atoms with E-state index in [1.54, 1.807) is 0 Å². The summed E-state index contributed by atoms with van der Waals surface area (Å²) in [6.07, 6.45) is 3.86.